The zero-order chi connectivity index (χ0) is 13.9. The summed E-state index contributed by atoms with van der Waals surface area (Å²) >= 11 is 0. The Morgan fingerprint density at radius 3 is 3.15 bits per heavy atom. The summed E-state index contributed by atoms with van der Waals surface area (Å²) in [4.78, 5) is 22.7. The molecule has 0 bridgehead atoms. The van der Waals surface area contributed by atoms with E-state index in [0.717, 1.165) is 25.9 Å². The fraction of sp³-hybridized carbons (Fsp3) is 0.571. The maximum atomic E-state index is 12.3. The van der Waals surface area contributed by atoms with Crippen molar-refractivity contribution in [1.29, 1.82) is 0 Å². The van der Waals surface area contributed by atoms with Crippen LogP contribution in [0.25, 0.3) is 5.78 Å². The van der Waals surface area contributed by atoms with Gasteiger partial charge in [-0.1, -0.05) is 6.92 Å². The number of amides is 1. The van der Waals surface area contributed by atoms with Crippen molar-refractivity contribution in [1.82, 2.24) is 24.5 Å². The Bertz CT molecular complexity index is 575. The fourth-order valence-corrected chi connectivity index (χ4v) is 2.61. The Labute approximate surface area is 117 Å². The van der Waals surface area contributed by atoms with E-state index in [0.29, 0.717) is 17.5 Å². The molecule has 6 nitrogen and oxygen atoms in total. The van der Waals surface area contributed by atoms with E-state index in [1.807, 2.05) is 4.90 Å². The van der Waals surface area contributed by atoms with E-state index in [2.05, 4.69) is 22.0 Å². The van der Waals surface area contributed by atoms with E-state index < -0.39 is 0 Å². The van der Waals surface area contributed by atoms with Gasteiger partial charge in [0, 0.05) is 25.5 Å². The molecule has 3 heterocycles. The minimum Gasteiger partial charge on any atom is -0.342 e. The van der Waals surface area contributed by atoms with E-state index in [-0.39, 0.29) is 12.3 Å². The normalized spacial score (nSPS) is 20.1. The Kier molecular flexibility index (Phi) is 3.62. The number of hydrogen-bond donors (Lipinski definition) is 0. The third kappa shape index (κ3) is 2.79. The van der Waals surface area contributed by atoms with Gasteiger partial charge in [-0.15, -0.1) is 5.10 Å². The SMILES string of the molecule is CC1CCCN(C(=O)Cc2nc3ncccn3n2)CC1. The maximum Gasteiger partial charge on any atom is 0.252 e. The molecule has 6 heteroatoms. The van der Waals surface area contributed by atoms with Gasteiger partial charge >= 0.3 is 0 Å². The van der Waals surface area contributed by atoms with Crippen molar-refractivity contribution < 1.29 is 4.79 Å². The molecule has 1 aliphatic rings. The Hall–Kier alpha value is -1.98. The largest absolute Gasteiger partial charge is 0.342 e. The molecule has 2 aromatic heterocycles. The number of rotatable bonds is 2. The first-order valence-electron chi connectivity index (χ1n) is 7.16. The number of carbonyl (C=O) groups is 1. The first-order valence-corrected chi connectivity index (χ1v) is 7.16. The predicted octanol–water partition coefficient (Wildman–Crippen LogP) is 1.32. The minimum absolute atomic E-state index is 0.120. The van der Waals surface area contributed by atoms with Crippen LogP contribution in [-0.2, 0) is 11.2 Å². The van der Waals surface area contributed by atoms with Crippen LogP contribution in [0.15, 0.2) is 18.5 Å². The second kappa shape index (κ2) is 5.56. The van der Waals surface area contributed by atoms with E-state index in [9.17, 15) is 4.79 Å². The van der Waals surface area contributed by atoms with E-state index in [4.69, 9.17) is 0 Å². The average molecular weight is 273 g/mol. The quantitative estimate of drug-likeness (QED) is 0.827. The van der Waals surface area contributed by atoms with E-state index in [1.165, 1.54) is 6.42 Å². The molecular formula is C14H19N5O. The van der Waals surface area contributed by atoms with Gasteiger partial charge in [0.05, 0.1) is 6.42 Å². The highest BCUT2D eigenvalue weighted by molar-refractivity contribution is 5.78. The summed E-state index contributed by atoms with van der Waals surface area (Å²) in [5.41, 5.74) is 0. The Balaban J connectivity index is 1.68. The first kappa shape index (κ1) is 13.0. The third-order valence-electron chi connectivity index (χ3n) is 3.84. The molecule has 2 aromatic rings. The molecule has 0 radical (unpaired) electrons. The Morgan fingerprint density at radius 1 is 1.40 bits per heavy atom. The lowest BCUT2D eigenvalue weighted by atomic mass is 10.0. The summed E-state index contributed by atoms with van der Waals surface area (Å²) in [6.07, 6.45) is 7.11. The monoisotopic (exact) mass is 273 g/mol. The van der Waals surface area contributed by atoms with Crippen molar-refractivity contribution in [3.8, 4) is 0 Å². The van der Waals surface area contributed by atoms with Crippen LogP contribution in [0.3, 0.4) is 0 Å². The molecule has 1 unspecified atom stereocenters. The highest BCUT2D eigenvalue weighted by Crippen LogP contribution is 2.17. The molecule has 0 aliphatic carbocycles. The van der Waals surface area contributed by atoms with Crippen LogP contribution in [0.4, 0.5) is 0 Å². The number of fused-ring (bicyclic) bond motifs is 1. The lowest BCUT2D eigenvalue weighted by Crippen LogP contribution is -2.33. The summed E-state index contributed by atoms with van der Waals surface area (Å²) in [7, 11) is 0. The minimum atomic E-state index is 0.120. The van der Waals surface area contributed by atoms with Crippen LogP contribution in [0.5, 0.6) is 0 Å². The molecule has 3 rings (SSSR count). The van der Waals surface area contributed by atoms with Gasteiger partial charge in [0.25, 0.3) is 5.78 Å². The van der Waals surface area contributed by atoms with Crippen molar-refractivity contribution in [3.63, 3.8) is 0 Å². The van der Waals surface area contributed by atoms with Crippen LogP contribution in [0.1, 0.15) is 32.0 Å². The molecule has 0 saturated carbocycles. The second-order valence-electron chi connectivity index (χ2n) is 5.49. The topological polar surface area (TPSA) is 63.4 Å². The molecule has 0 aromatic carbocycles. The second-order valence-corrected chi connectivity index (χ2v) is 5.49. The summed E-state index contributed by atoms with van der Waals surface area (Å²) in [6, 6.07) is 1.80. The van der Waals surface area contributed by atoms with Crippen molar-refractivity contribution in [2.24, 2.45) is 5.92 Å². The van der Waals surface area contributed by atoms with Gasteiger partial charge in [-0.25, -0.2) is 9.50 Å². The van der Waals surface area contributed by atoms with E-state index >= 15 is 0 Å². The summed E-state index contributed by atoms with van der Waals surface area (Å²) in [5.74, 6) is 1.92. The van der Waals surface area contributed by atoms with Gasteiger partial charge in [-0.05, 0) is 31.2 Å². The van der Waals surface area contributed by atoms with Crippen molar-refractivity contribution >= 4 is 11.7 Å². The highest BCUT2D eigenvalue weighted by Gasteiger charge is 2.20. The molecule has 106 valence electrons. The predicted molar refractivity (Wildman–Crippen MR) is 74.1 cm³/mol. The lowest BCUT2D eigenvalue weighted by Gasteiger charge is -2.19. The molecule has 1 amide bonds. The van der Waals surface area contributed by atoms with Gasteiger partial charge in [0.15, 0.2) is 5.82 Å². The van der Waals surface area contributed by atoms with Crippen LogP contribution < -0.4 is 0 Å². The molecule has 1 fully saturated rings. The Morgan fingerprint density at radius 2 is 2.30 bits per heavy atom. The molecule has 1 atom stereocenters. The maximum absolute atomic E-state index is 12.3. The smallest absolute Gasteiger partial charge is 0.252 e. The van der Waals surface area contributed by atoms with Gasteiger partial charge in [0.1, 0.15) is 0 Å². The van der Waals surface area contributed by atoms with Gasteiger partial charge < -0.3 is 4.90 Å². The molecule has 1 saturated heterocycles. The van der Waals surface area contributed by atoms with Crippen LogP contribution >= 0.6 is 0 Å². The van der Waals surface area contributed by atoms with Gasteiger partial charge in [-0.2, -0.15) is 4.98 Å². The molecule has 1 aliphatic heterocycles. The average Bonchev–Trinajstić information content (AvgIpc) is 2.71. The number of aromatic nitrogens is 4. The summed E-state index contributed by atoms with van der Waals surface area (Å²) in [6.45, 7) is 3.96. The molecule has 0 N–H and O–H groups in total. The highest BCUT2D eigenvalue weighted by atomic mass is 16.2. The summed E-state index contributed by atoms with van der Waals surface area (Å²) in [5, 5.41) is 4.28. The first-order chi connectivity index (χ1) is 9.72. The number of carbonyl (C=O) groups excluding carboxylic acids is 1. The fourth-order valence-electron chi connectivity index (χ4n) is 2.61. The lowest BCUT2D eigenvalue weighted by molar-refractivity contribution is -0.130. The number of hydrogen-bond acceptors (Lipinski definition) is 4. The van der Waals surface area contributed by atoms with Gasteiger partial charge in [-0.3, -0.25) is 4.79 Å². The molecular weight excluding hydrogens is 254 g/mol. The standard InChI is InChI=1S/C14H19N5O/c1-11-4-2-7-18(9-5-11)13(20)10-12-16-14-15-6-3-8-19(14)17-12/h3,6,8,11H,2,4-5,7,9-10H2,1H3. The van der Waals surface area contributed by atoms with Crippen LogP contribution in [-0.4, -0.2) is 43.5 Å². The number of nitrogens with zero attached hydrogens (tertiary/aromatic N) is 5. The zero-order valence-corrected chi connectivity index (χ0v) is 11.7. The van der Waals surface area contributed by atoms with Crippen LogP contribution in [0, 0.1) is 5.92 Å². The van der Waals surface area contributed by atoms with Gasteiger partial charge in [0.2, 0.25) is 5.91 Å². The number of likely N-dealkylation sites (tertiary alicyclic amines) is 1. The van der Waals surface area contributed by atoms with Crippen molar-refractivity contribution in [2.75, 3.05) is 13.1 Å². The van der Waals surface area contributed by atoms with Crippen molar-refractivity contribution in [3.05, 3.63) is 24.3 Å². The summed E-state index contributed by atoms with van der Waals surface area (Å²) < 4.78 is 1.60. The van der Waals surface area contributed by atoms with Crippen molar-refractivity contribution in [2.45, 2.75) is 32.6 Å². The zero-order valence-electron chi connectivity index (χ0n) is 11.7. The molecule has 0 spiro atoms. The third-order valence-corrected chi connectivity index (χ3v) is 3.84. The van der Waals surface area contributed by atoms with E-state index in [1.54, 1.807) is 23.0 Å². The van der Waals surface area contributed by atoms with Crippen LogP contribution in [0.2, 0.25) is 0 Å². The molecule has 20 heavy (non-hydrogen) atoms.